The highest BCUT2D eigenvalue weighted by atomic mass is 19.4. The van der Waals surface area contributed by atoms with E-state index in [2.05, 4.69) is 9.47 Å². The summed E-state index contributed by atoms with van der Waals surface area (Å²) in [6.07, 6.45) is -16.7. The van der Waals surface area contributed by atoms with Crippen LogP contribution in [-0.4, -0.2) is 42.1 Å². The van der Waals surface area contributed by atoms with Gasteiger partial charge >= 0.3 is 42.1 Å². The van der Waals surface area contributed by atoms with Crippen LogP contribution in [0.3, 0.4) is 0 Å². The first-order chi connectivity index (χ1) is 9.35. The van der Waals surface area contributed by atoms with Crippen LogP contribution in [0.1, 0.15) is 0 Å². The molecule has 3 nitrogen and oxygen atoms in total. The van der Waals surface area contributed by atoms with Crippen molar-refractivity contribution >= 4 is 6.16 Å². The Morgan fingerprint density at radius 2 is 1.14 bits per heavy atom. The molecule has 1 aliphatic heterocycles. The highest BCUT2D eigenvalue weighted by Crippen LogP contribution is 2.61. The standard InChI is InChI=1S/C7F12O3/c8-2(9,4(12,13)6(15,16)17)3(10,11)5(14)7(18,19)22-1(20)21-5. The normalized spacial score (nSPS) is 26.6. The maximum absolute atomic E-state index is 13.3. The number of hydrogen-bond acceptors (Lipinski definition) is 3. The van der Waals surface area contributed by atoms with Crippen LogP contribution in [0.25, 0.3) is 0 Å². The summed E-state index contributed by atoms with van der Waals surface area (Å²) >= 11 is 0. The summed E-state index contributed by atoms with van der Waals surface area (Å²) in [6, 6.07) is 0. The first kappa shape index (κ1) is 18.5. The smallest absolute Gasteiger partial charge is 0.381 e. The fraction of sp³-hybridized carbons (Fsp3) is 0.857. The lowest BCUT2D eigenvalue weighted by Crippen LogP contribution is -2.70. The van der Waals surface area contributed by atoms with Crippen molar-refractivity contribution in [3.8, 4) is 0 Å². The highest BCUT2D eigenvalue weighted by molar-refractivity contribution is 5.63. The van der Waals surface area contributed by atoms with Crippen molar-refractivity contribution in [2.75, 3.05) is 0 Å². The van der Waals surface area contributed by atoms with E-state index >= 15 is 0 Å². The third-order valence-corrected chi connectivity index (χ3v) is 2.36. The van der Waals surface area contributed by atoms with Gasteiger partial charge in [0.2, 0.25) is 0 Å². The summed E-state index contributed by atoms with van der Waals surface area (Å²) in [5.74, 6) is -29.5. The number of ether oxygens (including phenoxy) is 2. The monoisotopic (exact) mass is 360 g/mol. The van der Waals surface area contributed by atoms with Gasteiger partial charge in [-0.15, -0.1) is 0 Å². The molecule has 1 aliphatic rings. The molecular weight excluding hydrogens is 360 g/mol. The van der Waals surface area contributed by atoms with Crippen molar-refractivity contribution in [1.82, 2.24) is 0 Å². The van der Waals surface area contributed by atoms with Crippen molar-refractivity contribution in [2.45, 2.75) is 35.9 Å². The minimum atomic E-state index is -7.76. The number of cyclic esters (lactones) is 2. The Labute approximate surface area is 110 Å². The van der Waals surface area contributed by atoms with Gasteiger partial charge in [-0.2, -0.15) is 52.7 Å². The van der Waals surface area contributed by atoms with Crippen LogP contribution in [0.15, 0.2) is 0 Å². The number of carbonyl (C=O) groups excluding carboxylic acids is 1. The van der Waals surface area contributed by atoms with Crippen LogP contribution in [0, 0.1) is 0 Å². The van der Waals surface area contributed by atoms with E-state index in [1.807, 2.05) is 0 Å². The molecule has 0 amide bonds. The molecule has 1 atom stereocenters. The molecule has 1 fully saturated rings. The average Bonchev–Trinajstić information content (AvgIpc) is 2.46. The molecule has 15 heteroatoms. The Hall–Kier alpha value is -1.57. The van der Waals surface area contributed by atoms with Gasteiger partial charge < -0.3 is 9.47 Å². The zero-order valence-electron chi connectivity index (χ0n) is 9.26. The second-order valence-electron chi connectivity index (χ2n) is 3.79. The Balaban J connectivity index is 3.49. The Kier molecular flexibility index (Phi) is 3.57. The molecule has 0 N–H and O–H groups in total. The summed E-state index contributed by atoms with van der Waals surface area (Å²) in [7, 11) is 0. The topological polar surface area (TPSA) is 35.5 Å². The van der Waals surface area contributed by atoms with E-state index in [0.717, 1.165) is 0 Å². The zero-order chi connectivity index (χ0) is 18.0. The molecule has 1 saturated heterocycles. The first-order valence-electron chi connectivity index (χ1n) is 4.54. The van der Waals surface area contributed by atoms with Crippen molar-refractivity contribution in [3.63, 3.8) is 0 Å². The lowest BCUT2D eigenvalue weighted by molar-refractivity contribution is -0.453. The number of alkyl halides is 12. The van der Waals surface area contributed by atoms with Crippen LogP contribution >= 0.6 is 0 Å². The largest absolute Gasteiger partial charge is 0.516 e. The molecule has 130 valence electrons. The van der Waals surface area contributed by atoms with Crippen LogP contribution in [0.5, 0.6) is 0 Å². The van der Waals surface area contributed by atoms with E-state index < -0.39 is 42.1 Å². The molecule has 0 radical (unpaired) electrons. The first-order valence-corrected chi connectivity index (χ1v) is 4.54. The van der Waals surface area contributed by atoms with Gasteiger partial charge in [-0.1, -0.05) is 0 Å². The van der Waals surface area contributed by atoms with Gasteiger partial charge in [0, 0.05) is 0 Å². The number of hydrogen-bond donors (Lipinski definition) is 0. The summed E-state index contributed by atoms with van der Waals surface area (Å²) < 4.78 is 155. The second-order valence-corrected chi connectivity index (χ2v) is 3.79. The Morgan fingerprint density at radius 1 is 0.727 bits per heavy atom. The van der Waals surface area contributed by atoms with Crippen LogP contribution in [-0.2, 0) is 9.47 Å². The molecule has 0 aromatic rings. The molecule has 0 aromatic carbocycles. The quantitative estimate of drug-likeness (QED) is 0.566. The predicted molar refractivity (Wildman–Crippen MR) is 37.2 cm³/mol. The highest BCUT2D eigenvalue weighted by Gasteiger charge is 2.94. The summed E-state index contributed by atoms with van der Waals surface area (Å²) in [5.41, 5.74) is 0. The summed E-state index contributed by atoms with van der Waals surface area (Å²) in [4.78, 5) is 10.1. The van der Waals surface area contributed by atoms with Gasteiger partial charge in [-0.3, -0.25) is 0 Å². The Bertz CT molecular complexity index is 482. The summed E-state index contributed by atoms with van der Waals surface area (Å²) in [6.45, 7) is 0. The van der Waals surface area contributed by atoms with Gasteiger partial charge in [-0.25, -0.2) is 4.79 Å². The van der Waals surface area contributed by atoms with Crippen LogP contribution < -0.4 is 0 Å². The van der Waals surface area contributed by atoms with E-state index in [9.17, 15) is 57.5 Å². The molecule has 0 spiro atoms. The minimum absolute atomic E-state index is 2.41. The van der Waals surface area contributed by atoms with Crippen LogP contribution in [0.2, 0.25) is 0 Å². The van der Waals surface area contributed by atoms with Gasteiger partial charge in [0.15, 0.2) is 0 Å². The number of halogens is 12. The molecule has 1 rings (SSSR count). The van der Waals surface area contributed by atoms with Crippen molar-refractivity contribution in [2.24, 2.45) is 0 Å². The van der Waals surface area contributed by atoms with Crippen molar-refractivity contribution in [3.05, 3.63) is 0 Å². The van der Waals surface area contributed by atoms with E-state index in [0.29, 0.717) is 0 Å². The third kappa shape index (κ3) is 1.96. The molecule has 0 saturated carbocycles. The fourth-order valence-electron chi connectivity index (χ4n) is 1.19. The minimum Gasteiger partial charge on any atom is -0.381 e. The van der Waals surface area contributed by atoms with Gasteiger partial charge in [-0.05, 0) is 0 Å². The predicted octanol–water partition coefficient (Wildman–Crippen LogP) is 3.88. The molecule has 0 aliphatic carbocycles. The van der Waals surface area contributed by atoms with E-state index in [1.165, 1.54) is 0 Å². The van der Waals surface area contributed by atoms with Crippen molar-refractivity contribution in [1.29, 1.82) is 0 Å². The molecule has 1 heterocycles. The Morgan fingerprint density at radius 3 is 1.41 bits per heavy atom. The second kappa shape index (κ2) is 4.24. The third-order valence-electron chi connectivity index (χ3n) is 2.36. The van der Waals surface area contributed by atoms with E-state index in [4.69, 9.17) is 0 Å². The average molecular weight is 360 g/mol. The van der Waals surface area contributed by atoms with Gasteiger partial charge in [0.25, 0.3) is 0 Å². The van der Waals surface area contributed by atoms with E-state index in [1.54, 1.807) is 0 Å². The lowest BCUT2D eigenvalue weighted by Gasteiger charge is -2.38. The maximum atomic E-state index is 13.3. The van der Waals surface area contributed by atoms with Gasteiger partial charge in [0.1, 0.15) is 0 Å². The zero-order valence-corrected chi connectivity index (χ0v) is 9.26. The van der Waals surface area contributed by atoms with Gasteiger partial charge in [0.05, 0.1) is 0 Å². The molecule has 0 bridgehead atoms. The number of rotatable bonds is 3. The molecular formula is C7F12O3. The number of carbonyl (C=O) groups is 1. The molecule has 1 unspecified atom stereocenters. The fourth-order valence-corrected chi connectivity index (χ4v) is 1.19. The summed E-state index contributed by atoms with van der Waals surface area (Å²) in [5, 5.41) is 0. The molecule has 22 heavy (non-hydrogen) atoms. The SMILES string of the molecule is O=C1OC(F)(F)C(F)(C(F)(F)C(F)(F)C(F)(F)C(F)(F)F)O1. The molecule has 0 aromatic heterocycles. The van der Waals surface area contributed by atoms with Crippen molar-refractivity contribution < 1.29 is 67.0 Å². The van der Waals surface area contributed by atoms with E-state index in [-0.39, 0.29) is 0 Å². The maximum Gasteiger partial charge on any atom is 0.516 e. The lowest BCUT2D eigenvalue weighted by atomic mass is 9.96. The van der Waals surface area contributed by atoms with Crippen LogP contribution in [0.4, 0.5) is 57.5 Å².